The van der Waals surface area contributed by atoms with Crippen molar-refractivity contribution in [3.63, 3.8) is 0 Å². The number of aryl methyl sites for hydroxylation is 1. The van der Waals surface area contributed by atoms with Crippen LogP contribution in [0.4, 0.5) is 0 Å². The van der Waals surface area contributed by atoms with Gasteiger partial charge in [0.25, 0.3) is 5.91 Å². The lowest BCUT2D eigenvalue weighted by Gasteiger charge is -2.16. The molecule has 1 saturated heterocycles. The number of carboxylic acid groups (broad SMARTS) is 1. The Morgan fingerprint density at radius 1 is 1.47 bits per heavy atom. The van der Waals surface area contributed by atoms with Crippen molar-refractivity contribution in [3.8, 4) is 0 Å². The van der Waals surface area contributed by atoms with Crippen molar-refractivity contribution in [2.75, 3.05) is 13.1 Å². The first-order valence-corrected chi connectivity index (χ1v) is 7.04. The van der Waals surface area contributed by atoms with Gasteiger partial charge in [-0.05, 0) is 37.0 Å². The van der Waals surface area contributed by atoms with Crippen LogP contribution >= 0.6 is 15.9 Å². The van der Waals surface area contributed by atoms with Gasteiger partial charge in [0.1, 0.15) is 0 Å². The number of hydrogen-bond donors (Lipinski definition) is 1. The van der Waals surface area contributed by atoms with Crippen LogP contribution in [0.25, 0.3) is 0 Å². The van der Waals surface area contributed by atoms with Gasteiger partial charge in [0, 0.05) is 29.5 Å². The van der Waals surface area contributed by atoms with Crippen molar-refractivity contribution in [3.05, 3.63) is 33.8 Å². The molecule has 0 saturated carbocycles. The summed E-state index contributed by atoms with van der Waals surface area (Å²) >= 11 is 3.42. The Bertz CT molecular complexity index is 515. The lowest BCUT2D eigenvalue weighted by atomic mass is 10.1. The van der Waals surface area contributed by atoms with Crippen LogP contribution in [-0.2, 0) is 4.79 Å². The number of benzene rings is 1. The maximum atomic E-state index is 12.3. The predicted octanol–water partition coefficient (Wildman–Crippen LogP) is 2.69. The molecule has 1 amide bonds. The Kier molecular flexibility index (Phi) is 4.24. The van der Waals surface area contributed by atoms with Crippen LogP contribution in [0.15, 0.2) is 22.7 Å². The van der Waals surface area contributed by atoms with E-state index in [-0.39, 0.29) is 18.2 Å². The second-order valence-corrected chi connectivity index (χ2v) is 5.82. The maximum Gasteiger partial charge on any atom is 0.303 e. The molecule has 102 valence electrons. The average molecular weight is 326 g/mol. The molecular formula is C14H16BrNO3. The van der Waals surface area contributed by atoms with Gasteiger partial charge >= 0.3 is 5.97 Å². The van der Waals surface area contributed by atoms with Crippen LogP contribution in [0.3, 0.4) is 0 Å². The molecule has 1 fully saturated rings. The van der Waals surface area contributed by atoms with Gasteiger partial charge in [-0.1, -0.05) is 22.0 Å². The standard InChI is InChI=1S/C14H16BrNO3/c1-9-2-3-11(7-12(9)15)14(19)16-5-4-10(8-16)6-13(17)18/h2-3,7,10H,4-6,8H2,1H3,(H,17,18). The van der Waals surface area contributed by atoms with E-state index in [1.807, 2.05) is 25.1 Å². The third-order valence-electron chi connectivity index (χ3n) is 3.46. The molecule has 5 heteroatoms. The van der Waals surface area contributed by atoms with E-state index in [1.165, 1.54) is 0 Å². The number of nitrogens with zero attached hydrogens (tertiary/aromatic N) is 1. The Morgan fingerprint density at radius 2 is 2.21 bits per heavy atom. The fraction of sp³-hybridized carbons (Fsp3) is 0.429. The molecule has 1 aliphatic rings. The van der Waals surface area contributed by atoms with Gasteiger partial charge in [-0.15, -0.1) is 0 Å². The summed E-state index contributed by atoms with van der Waals surface area (Å²) in [5.74, 6) is -0.735. The number of rotatable bonds is 3. The highest BCUT2D eigenvalue weighted by Crippen LogP contribution is 2.23. The number of amides is 1. The summed E-state index contributed by atoms with van der Waals surface area (Å²) in [4.78, 5) is 24.7. The molecule has 1 atom stereocenters. The van der Waals surface area contributed by atoms with Gasteiger partial charge in [-0.25, -0.2) is 0 Å². The minimum atomic E-state index is -0.794. The quantitative estimate of drug-likeness (QED) is 0.929. The van der Waals surface area contributed by atoms with E-state index in [4.69, 9.17) is 5.11 Å². The Morgan fingerprint density at radius 3 is 2.84 bits per heavy atom. The molecule has 1 N–H and O–H groups in total. The zero-order chi connectivity index (χ0) is 14.0. The largest absolute Gasteiger partial charge is 0.481 e. The molecule has 0 aromatic heterocycles. The van der Waals surface area contributed by atoms with Gasteiger partial charge in [-0.2, -0.15) is 0 Å². The number of likely N-dealkylation sites (tertiary alicyclic amines) is 1. The van der Waals surface area contributed by atoms with Crippen LogP contribution in [0.1, 0.15) is 28.8 Å². The molecule has 0 spiro atoms. The van der Waals surface area contributed by atoms with E-state index in [0.717, 1.165) is 16.5 Å². The third kappa shape index (κ3) is 3.35. The maximum absolute atomic E-state index is 12.3. The van der Waals surface area contributed by atoms with Crippen molar-refractivity contribution >= 4 is 27.8 Å². The summed E-state index contributed by atoms with van der Waals surface area (Å²) in [5, 5.41) is 8.77. The number of hydrogen-bond acceptors (Lipinski definition) is 2. The average Bonchev–Trinajstić information content (AvgIpc) is 2.79. The van der Waals surface area contributed by atoms with E-state index in [2.05, 4.69) is 15.9 Å². The summed E-state index contributed by atoms with van der Waals surface area (Å²) in [7, 11) is 0. The Labute approximate surface area is 120 Å². The van der Waals surface area contributed by atoms with Crippen molar-refractivity contribution in [1.82, 2.24) is 4.90 Å². The van der Waals surface area contributed by atoms with Gasteiger partial charge < -0.3 is 10.0 Å². The zero-order valence-electron chi connectivity index (χ0n) is 10.7. The van der Waals surface area contributed by atoms with Crippen LogP contribution in [0.5, 0.6) is 0 Å². The van der Waals surface area contributed by atoms with Crippen LogP contribution in [0.2, 0.25) is 0 Å². The molecule has 0 aliphatic carbocycles. The third-order valence-corrected chi connectivity index (χ3v) is 4.31. The fourth-order valence-corrected chi connectivity index (χ4v) is 2.72. The lowest BCUT2D eigenvalue weighted by Crippen LogP contribution is -2.29. The first kappa shape index (κ1) is 14.1. The molecule has 0 radical (unpaired) electrons. The minimum absolute atomic E-state index is 0.0198. The SMILES string of the molecule is Cc1ccc(C(=O)N2CCC(CC(=O)O)C2)cc1Br. The highest BCUT2D eigenvalue weighted by molar-refractivity contribution is 9.10. The summed E-state index contributed by atoms with van der Waals surface area (Å²) in [5.41, 5.74) is 1.73. The molecule has 1 aromatic carbocycles. The monoisotopic (exact) mass is 325 g/mol. The number of carbonyl (C=O) groups is 2. The first-order valence-electron chi connectivity index (χ1n) is 6.24. The van der Waals surface area contributed by atoms with E-state index >= 15 is 0 Å². The molecule has 19 heavy (non-hydrogen) atoms. The molecule has 1 aromatic rings. The number of carbonyl (C=O) groups excluding carboxylic acids is 1. The Balaban J connectivity index is 2.04. The summed E-state index contributed by atoms with van der Waals surface area (Å²) in [6, 6.07) is 5.54. The van der Waals surface area contributed by atoms with E-state index in [0.29, 0.717) is 18.7 Å². The van der Waals surface area contributed by atoms with Crippen molar-refractivity contribution in [2.24, 2.45) is 5.92 Å². The molecule has 0 bridgehead atoms. The molecule has 1 heterocycles. The van der Waals surface area contributed by atoms with Gasteiger partial charge in [0.15, 0.2) is 0 Å². The normalized spacial score (nSPS) is 18.6. The molecule has 4 nitrogen and oxygen atoms in total. The number of aliphatic carboxylic acids is 1. The molecule has 1 unspecified atom stereocenters. The highest BCUT2D eigenvalue weighted by Gasteiger charge is 2.28. The van der Waals surface area contributed by atoms with E-state index in [9.17, 15) is 9.59 Å². The smallest absolute Gasteiger partial charge is 0.303 e. The predicted molar refractivity (Wildman–Crippen MR) is 75.1 cm³/mol. The Hall–Kier alpha value is -1.36. The van der Waals surface area contributed by atoms with E-state index in [1.54, 1.807) is 4.90 Å². The fourth-order valence-electron chi connectivity index (χ4n) is 2.34. The first-order chi connectivity index (χ1) is 8.97. The van der Waals surface area contributed by atoms with Gasteiger partial charge in [0.05, 0.1) is 0 Å². The van der Waals surface area contributed by atoms with Crippen LogP contribution in [-0.4, -0.2) is 35.0 Å². The zero-order valence-corrected chi connectivity index (χ0v) is 12.3. The second kappa shape index (κ2) is 5.74. The summed E-state index contributed by atoms with van der Waals surface area (Å²) in [6.07, 6.45) is 0.909. The van der Waals surface area contributed by atoms with Gasteiger partial charge in [-0.3, -0.25) is 9.59 Å². The van der Waals surface area contributed by atoms with Gasteiger partial charge in [0.2, 0.25) is 0 Å². The van der Waals surface area contributed by atoms with Crippen molar-refractivity contribution in [2.45, 2.75) is 19.8 Å². The second-order valence-electron chi connectivity index (χ2n) is 4.97. The molecule has 1 aliphatic heterocycles. The van der Waals surface area contributed by atoms with E-state index < -0.39 is 5.97 Å². The summed E-state index contributed by atoms with van der Waals surface area (Å²) in [6.45, 7) is 3.15. The summed E-state index contributed by atoms with van der Waals surface area (Å²) < 4.78 is 0.916. The van der Waals surface area contributed by atoms with Crippen LogP contribution < -0.4 is 0 Å². The lowest BCUT2D eigenvalue weighted by molar-refractivity contribution is -0.138. The minimum Gasteiger partial charge on any atom is -0.481 e. The topological polar surface area (TPSA) is 57.6 Å². The highest BCUT2D eigenvalue weighted by atomic mass is 79.9. The van der Waals surface area contributed by atoms with Crippen molar-refractivity contribution < 1.29 is 14.7 Å². The molecule has 2 rings (SSSR count). The number of carboxylic acids is 1. The van der Waals surface area contributed by atoms with Crippen molar-refractivity contribution in [1.29, 1.82) is 0 Å². The molecular weight excluding hydrogens is 310 g/mol. The number of halogens is 1. The van der Waals surface area contributed by atoms with Crippen LogP contribution in [0, 0.1) is 12.8 Å².